The van der Waals surface area contributed by atoms with Crippen LogP contribution in [-0.2, 0) is 6.54 Å². The SMILES string of the molecule is NC(=O)NCc1cc2c(Oc3ccc(Cl)cc3)cncc2s1. The first-order chi connectivity index (χ1) is 10.6. The fraction of sp³-hybridized carbons (Fsp3) is 0.0667. The molecule has 3 rings (SSSR count). The highest BCUT2D eigenvalue weighted by atomic mass is 35.5. The number of fused-ring (bicyclic) bond motifs is 1. The molecule has 0 radical (unpaired) electrons. The molecule has 2 amide bonds. The second kappa shape index (κ2) is 6.21. The smallest absolute Gasteiger partial charge is 0.312 e. The average Bonchev–Trinajstić information content (AvgIpc) is 2.92. The molecule has 1 aromatic carbocycles. The molecule has 0 fully saturated rings. The fourth-order valence-electron chi connectivity index (χ4n) is 1.96. The lowest BCUT2D eigenvalue weighted by atomic mass is 10.3. The first-order valence-electron chi connectivity index (χ1n) is 6.45. The Labute approximate surface area is 135 Å². The Morgan fingerprint density at radius 1 is 1.32 bits per heavy atom. The van der Waals surface area contributed by atoms with Crippen molar-refractivity contribution in [3.8, 4) is 11.5 Å². The molecular formula is C15H12ClN3O2S. The third-order valence-corrected chi connectivity index (χ3v) is 4.26. The van der Waals surface area contributed by atoms with Crippen LogP contribution in [0.4, 0.5) is 4.79 Å². The highest BCUT2D eigenvalue weighted by Gasteiger charge is 2.09. The normalized spacial score (nSPS) is 10.6. The van der Waals surface area contributed by atoms with E-state index in [1.165, 1.54) is 11.3 Å². The zero-order valence-corrected chi connectivity index (χ0v) is 12.9. The Hall–Kier alpha value is -2.31. The predicted molar refractivity (Wildman–Crippen MR) is 87.6 cm³/mol. The van der Waals surface area contributed by atoms with E-state index in [1.54, 1.807) is 36.7 Å². The van der Waals surface area contributed by atoms with Gasteiger partial charge in [-0.15, -0.1) is 11.3 Å². The van der Waals surface area contributed by atoms with E-state index in [4.69, 9.17) is 22.1 Å². The topological polar surface area (TPSA) is 77.2 Å². The summed E-state index contributed by atoms with van der Waals surface area (Å²) in [7, 11) is 0. The highest BCUT2D eigenvalue weighted by Crippen LogP contribution is 2.34. The molecule has 22 heavy (non-hydrogen) atoms. The van der Waals surface area contributed by atoms with Gasteiger partial charge in [0.1, 0.15) is 5.75 Å². The van der Waals surface area contributed by atoms with Gasteiger partial charge in [-0.25, -0.2) is 4.79 Å². The number of rotatable bonds is 4. The van der Waals surface area contributed by atoms with Gasteiger partial charge >= 0.3 is 6.03 Å². The van der Waals surface area contributed by atoms with Crippen LogP contribution < -0.4 is 15.8 Å². The molecule has 0 atom stereocenters. The molecule has 0 saturated heterocycles. The monoisotopic (exact) mass is 333 g/mol. The summed E-state index contributed by atoms with van der Waals surface area (Å²) in [6.45, 7) is 0.384. The van der Waals surface area contributed by atoms with Gasteiger partial charge < -0.3 is 15.8 Å². The highest BCUT2D eigenvalue weighted by molar-refractivity contribution is 7.19. The number of hydrogen-bond donors (Lipinski definition) is 2. The number of aromatic nitrogens is 1. The quantitative estimate of drug-likeness (QED) is 0.759. The number of urea groups is 1. The first kappa shape index (κ1) is 14.6. The van der Waals surface area contributed by atoms with Crippen molar-refractivity contribution in [3.05, 3.63) is 52.6 Å². The van der Waals surface area contributed by atoms with E-state index in [9.17, 15) is 4.79 Å². The van der Waals surface area contributed by atoms with Crippen molar-refractivity contribution in [3.63, 3.8) is 0 Å². The Balaban J connectivity index is 1.89. The number of pyridine rings is 1. The van der Waals surface area contributed by atoms with Crippen LogP contribution >= 0.6 is 22.9 Å². The number of carbonyl (C=O) groups is 1. The van der Waals surface area contributed by atoms with Crippen molar-refractivity contribution in [2.45, 2.75) is 6.54 Å². The third-order valence-electron chi connectivity index (χ3n) is 2.94. The molecular weight excluding hydrogens is 322 g/mol. The maximum Gasteiger partial charge on any atom is 0.312 e. The van der Waals surface area contributed by atoms with Gasteiger partial charge in [-0.2, -0.15) is 0 Å². The maximum absolute atomic E-state index is 10.8. The molecule has 3 N–H and O–H groups in total. The van der Waals surface area contributed by atoms with Crippen LogP contribution in [-0.4, -0.2) is 11.0 Å². The number of nitrogens with zero attached hydrogens (tertiary/aromatic N) is 1. The van der Waals surface area contributed by atoms with E-state index < -0.39 is 6.03 Å². The third kappa shape index (κ3) is 3.29. The molecule has 2 heterocycles. The molecule has 7 heteroatoms. The van der Waals surface area contributed by atoms with Crippen LogP contribution in [0.1, 0.15) is 4.88 Å². The molecule has 0 unspecified atom stereocenters. The largest absolute Gasteiger partial charge is 0.455 e. The standard InChI is InChI=1S/C15H12ClN3O2S/c16-9-1-3-10(4-2-9)21-13-7-18-8-14-12(13)5-11(22-14)6-19-15(17)20/h1-5,7-8H,6H2,(H3,17,19,20). The van der Waals surface area contributed by atoms with Crippen LogP contribution in [0.2, 0.25) is 5.02 Å². The summed E-state index contributed by atoms with van der Waals surface area (Å²) in [6, 6.07) is 8.53. The summed E-state index contributed by atoms with van der Waals surface area (Å²) in [5.74, 6) is 1.34. The Morgan fingerprint density at radius 2 is 2.09 bits per heavy atom. The van der Waals surface area contributed by atoms with E-state index in [0.29, 0.717) is 23.1 Å². The van der Waals surface area contributed by atoms with Gasteiger partial charge in [-0.1, -0.05) is 11.6 Å². The molecule has 5 nitrogen and oxygen atoms in total. The molecule has 0 aliphatic carbocycles. The molecule has 3 aromatic rings. The maximum atomic E-state index is 10.8. The van der Waals surface area contributed by atoms with E-state index in [-0.39, 0.29) is 0 Å². The van der Waals surface area contributed by atoms with Crippen LogP contribution in [0.3, 0.4) is 0 Å². The zero-order valence-electron chi connectivity index (χ0n) is 11.4. The second-order valence-electron chi connectivity index (χ2n) is 4.54. The summed E-state index contributed by atoms with van der Waals surface area (Å²) in [5.41, 5.74) is 5.09. The summed E-state index contributed by atoms with van der Waals surface area (Å²) >= 11 is 7.39. The van der Waals surface area contributed by atoms with Gasteiger partial charge in [0.15, 0.2) is 5.75 Å². The predicted octanol–water partition coefficient (Wildman–Crippen LogP) is 3.91. The van der Waals surface area contributed by atoms with E-state index >= 15 is 0 Å². The number of thiophene rings is 1. The van der Waals surface area contributed by atoms with Crippen LogP contribution in [0.15, 0.2) is 42.7 Å². The van der Waals surface area contributed by atoms with Crippen molar-refractivity contribution in [1.82, 2.24) is 10.3 Å². The number of nitrogens with two attached hydrogens (primary N) is 1. The lowest BCUT2D eigenvalue weighted by Gasteiger charge is -2.06. The number of primary amides is 1. The van der Waals surface area contributed by atoms with Crippen molar-refractivity contribution >= 4 is 39.1 Å². The molecule has 0 aliphatic heterocycles. The Bertz CT molecular complexity index is 817. The second-order valence-corrected chi connectivity index (χ2v) is 6.14. The van der Waals surface area contributed by atoms with Crippen molar-refractivity contribution < 1.29 is 9.53 Å². The van der Waals surface area contributed by atoms with Gasteiger partial charge in [0.25, 0.3) is 0 Å². The fourth-order valence-corrected chi connectivity index (χ4v) is 3.07. The lowest BCUT2D eigenvalue weighted by molar-refractivity contribution is 0.248. The van der Waals surface area contributed by atoms with E-state index in [1.807, 2.05) is 6.07 Å². The number of nitrogens with one attached hydrogen (secondary N) is 1. The van der Waals surface area contributed by atoms with Crippen LogP contribution in [0, 0.1) is 0 Å². The minimum atomic E-state index is -0.548. The van der Waals surface area contributed by atoms with E-state index in [0.717, 1.165) is 15.0 Å². The number of halogens is 1. The van der Waals surface area contributed by atoms with Crippen molar-refractivity contribution in [2.75, 3.05) is 0 Å². The zero-order chi connectivity index (χ0) is 15.5. The number of ether oxygens (including phenoxy) is 1. The van der Waals surface area contributed by atoms with Gasteiger partial charge in [-0.3, -0.25) is 4.98 Å². The summed E-state index contributed by atoms with van der Waals surface area (Å²) < 4.78 is 6.84. The van der Waals surface area contributed by atoms with Crippen LogP contribution in [0.25, 0.3) is 10.1 Å². The van der Waals surface area contributed by atoms with Crippen molar-refractivity contribution in [1.29, 1.82) is 0 Å². The number of carbonyl (C=O) groups excluding carboxylic acids is 1. The minimum absolute atomic E-state index is 0.384. The minimum Gasteiger partial charge on any atom is -0.455 e. The number of amides is 2. The Morgan fingerprint density at radius 3 is 2.82 bits per heavy atom. The summed E-state index contributed by atoms with van der Waals surface area (Å²) in [4.78, 5) is 15.9. The average molecular weight is 334 g/mol. The van der Waals surface area contributed by atoms with Gasteiger partial charge in [0.2, 0.25) is 0 Å². The molecule has 0 aliphatic rings. The Kier molecular flexibility index (Phi) is 4.13. The van der Waals surface area contributed by atoms with Gasteiger partial charge in [-0.05, 0) is 30.3 Å². The molecule has 0 spiro atoms. The van der Waals surface area contributed by atoms with Gasteiger partial charge in [0.05, 0.1) is 17.4 Å². The molecule has 112 valence electrons. The van der Waals surface area contributed by atoms with Crippen molar-refractivity contribution in [2.24, 2.45) is 5.73 Å². The van der Waals surface area contributed by atoms with Gasteiger partial charge in [0, 0.05) is 21.5 Å². The molecule has 2 aromatic heterocycles. The van der Waals surface area contributed by atoms with E-state index in [2.05, 4.69) is 10.3 Å². The number of benzene rings is 1. The van der Waals surface area contributed by atoms with Crippen LogP contribution in [0.5, 0.6) is 11.5 Å². The first-order valence-corrected chi connectivity index (χ1v) is 7.64. The number of hydrogen-bond acceptors (Lipinski definition) is 4. The molecule has 0 bridgehead atoms. The summed E-state index contributed by atoms with van der Waals surface area (Å²) in [5, 5.41) is 4.16. The lowest BCUT2D eigenvalue weighted by Crippen LogP contribution is -2.28. The molecule has 0 saturated carbocycles. The summed E-state index contributed by atoms with van der Waals surface area (Å²) in [6.07, 6.45) is 3.43.